The first kappa shape index (κ1) is 40.1. The highest BCUT2D eigenvalue weighted by Gasteiger charge is 2.51. The normalized spacial score (nSPS) is 33.0. The fourth-order valence-corrected chi connectivity index (χ4v) is 10.7. The molecule has 5 aliphatic carbocycles. The molecule has 312 valence electrons. The van der Waals surface area contributed by atoms with E-state index >= 15 is 0 Å². The van der Waals surface area contributed by atoms with Crippen molar-refractivity contribution in [1.82, 2.24) is 0 Å². The quantitative estimate of drug-likeness (QED) is 0.241. The summed E-state index contributed by atoms with van der Waals surface area (Å²) in [6.07, 6.45) is 15.5. The van der Waals surface area contributed by atoms with E-state index < -0.39 is 23.1 Å². The van der Waals surface area contributed by atoms with Crippen LogP contribution in [0, 0.1) is 21.7 Å². The first-order chi connectivity index (χ1) is 26.4. The first-order valence-electron chi connectivity index (χ1n) is 22.4. The van der Waals surface area contributed by atoms with Gasteiger partial charge in [0.2, 0.25) is 0 Å². The Morgan fingerprint density at radius 1 is 0.250 bits per heavy atom. The lowest BCUT2D eigenvalue weighted by atomic mass is 9.61. The SMILES string of the molecule is CC1(C)COC2(CCC(=C3C(=C4CCC5(CC4)OCC(C)(C)CO5)C(=C4CCC5(CC4)OCC(C)(C)CO5)C3=C3CCC4(CC3)OCC(C)(C)CO4)CC2)OC1. The molecule has 9 fully saturated rings. The van der Waals surface area contributed by atoms with Gasteiger partial charge in [-0.25, -0.2) is 0 Å². The standard InChI is InChI=1S/C48H72O8/c1-41(2)25-49-45(50-26-41)17-9-33(10-18-45)37-38(34-11-19-46(20-12-34)51-27-42(3,4)28-52-46)40(36-15-23-48(24-16-36)55-31-44(7,8)32-56-48)39(37)35-13-21-47(22-14-35)53-29-43(5,6)30-54-47/h9-32H2,1-8H3. The van der Waals surface area contributed by atoms with E-state index in [4.69, 9.17) is 37.9 Å². The molecule has 0 amide bonds. The van der Waals surface area contributed by atoms with Gasteiger partial charge in [0.25, 0.3) is 0 Å². The second-order valence-corrected chi connectivity index (χ2v) is 22.5. The van der Waals surface area contributed by atoms with Gasteiger partial charge in [0.15, 0.2) is 23.1 Å². The van der Waals surface area contributed by atoms with Crippen LogP contribution in [0.25, 0.3) is 0 Å². The molecule has 0 aromatic rings. The van der Waals surface area contributed by atoms with Crippen molar-refractivity contribution in [2.75, 3.05) is 52.9 Å². The number of ether oxygens (including phenoxy) is 8. The molecule has 4 heterocycles. The van der Waals surface area contributed by atoms with E-state index in [0.717, 1.165) is 156 Å². The van der Waals surface area contributed by atoms with Crippen LogP contribution < -0.4 is 0 Å². The molecular weight excluding hydrogens is 705 g/mol. The zero-order valence-corrected chi connectivity index (χ0v) is 36.2. The van der Waals surface area contributed by atoms with Gasteiger partial charge in [-0.15, -0.1) is 0 Å². The molecule has 8 heteroatoms. The smallest absolute Gasteiger partial charge is 0.168 e. The molecule has 0 bridgehead atoms. The van der Waals surface area contributed by atoms with Crippen molar-refractivity contribution in [3.8, 4) is 0 Å². The third kappa shape index (κ3) is 7.74. The minimum absolute atomic E-state index is 0.0659. The fraction of sp³-hybridized carbons (Fsp3) is 0.833. The summed E-state index contributed by atoms with van der Waals surface area (Å²) >= 11 is 0. The number of hydrogen-bond donors (Lipinski definition) is 0. The lowest BCUT2D eigenvalue weighted by Crippen LogP contribution is -2.49. The van der Waals surface area contributed by atoms with Gasteiger partial charge in [0.05, 0.1) is 52.9 Å². The molecule has 0 unspecified atom stereocenters. The third-order valence-corrected chi connectivity index (χ3v) is 14.7. The van der Waals surface area contributed by atoms with Gasteiger partial charge in [-0.2, -0.15) is 0 Å². The van der Waals surface area contributed by atoms with Gasteiger partial charge in [-0.05, 0) is 73.7 Å². The van der Waals surface area contributed by atoms with Crippen molar-refractivity contribution in [1.29, 1.82) is 0 Å². The molecule has 4 aliphatic heterocycles. The summed E-state index contributed by atoms with van der Waals surface area (Å²) in [6, 6.07) is 0. The molecule has 9 rings (SSSR count). The van der Waals surface area contributed by atoms with Crippen molar-refractivity contribution in [3.63, 3.8) is 0 Å². The summed E-state index contributed by atoms with van der Waals surface area (Å²) in [5, 5.41) is 0. The summed E-state index contributed by atoms with van der Waals surface area (Å²) < 4.78 is 52.6. The van der Waals surface area contributed by atoms with Crippen LogP contribution in [-0.2, 0) is 37.9 Å². The van der Waals surface area contributed by atoms with E-state index in [1.54, 1.807) is 44.6 Å². The van der Waals surface area contributed by atoms with Gasteiger partial charge >= 0.3 is 0 Å². The third-order valence-electron chi connectivity index (χ3n) is 14.7. The van der Waals surface area contributed by atoms with Crippen LogP contribution in [0.3, 0.4) is 0 Å². The summed E-state index contributed by atoms with van der Waals surface area (Å²) in [6.45, 7) is 24.0. The maximum absolute atomic E-state index is 6.57. The molecule has 8 nitrogen and oxygen atoms in total. The molecule has 0 radical (unpaired) electrons. The van der Waals surface area contributed by atoms with Crippen molar-refractivity contribution >= 4 is 0 Å². The molecule has 0 N–H and O–H groups in total. The van der Waals surface area contributed by atoms with Crippen molar-refractivity contribution in [3.05, 3.63) is 44.6 Å². The Kier molecular flexibility index (Phi) is 10.1. The Hall–Kier alpha value is -1.36. The minimum atomic E-state index is -0.446. The largest absolute Gasteiger partial charge is 0.349 e. The maximum Gasteiger partial charge on any atom is 0.168 e. The number of rotatable bonds is 0. The zero-order valence-electron chi connectivity index (χ0n) is 36.2. The van der Waals surface area contributed by atoms with E-state index in [1.807, 2.05) is 0 Å². The second kappa shape index (κ2) is 14.1. The van der Waals surface area contributed by atoms with Crippen LogP contribution in [0.2, 0.25) is 0 Å². The first-order valence-corrected chi connectivity index (χ1v) is 22.4. The molecule has 0 atom stereocenters. The number of allylic oxidation sites excluding steroid dienone is 8. The Bertz CT molecular complexity index is 1350. The highest BCUT2D eigenvalue weighted by molar-refractivity contribution is 5.83. The van der Waals surface area contributed by atoms with Crippen molar-refractivity contribution in [2.45, 2.75) is 181 Å². The molecule has 5 saturated carbocycles. The lowest BCUT2D eigenvalue weighted by molar-refractivity contribution is -0.307. The molecular formula is C48H72O8. The topological polar surface area (TPSA) is 73.8 Å². The summed E-state index contributed by atoms with van der Waals surface area (Å²) in [5.74, 6) is -1.78. The Morgan fingerprint density at radius 3 is 0.536 bits per heavy atom. The Balaban J connectivity index is 1.07. The molecule has 0 aromatic heterocycles. The van der Waals surface area contributed by atoms with Crippen LogP contribution in [0.1, 0.15) is 158 Å². The molecule has 56 heavy (non-hydrogen) atoms. The molecule has 9 aliphatic rings. The van der Waals surface area contributed by atoms with Crippen LogP contribution in [-0.4, -0.2) is 76.0 Å². The molecule has 0 aromatic carbocycles. The summed E-state index contributed by atoms with van der Waals surface area (Å²) in [5.41, 5.74) is 13.0. The van der Waals surface area contributed by atoms with Crippen LogP contribution in [0.4, 0.5) is 0 Å². The average Bonchev–Trinajstić information content (AvgIpc) is 3.17. The van der Waals surface area contributed by atoms with Crippen LogP contribution >= 0.6 is 0 Å². The Morgan fingerprint density at radius 2 is 0.393 bits per heavy atom. The van der Waals surface area contributed by atoms with Crippen LogP contribution in [0.5, 0.6) is 0 Å². The summed E-state index contributed by atoms with van der Waals surface area (Å²) in [4.78, 5) is 0. The van der Waals surface area contributed by atoms with E-state index in [1.165, 1.54) is 0 Å². The predicted octanol–water partition coefficient (Wildman–Crippen LogP) is 10.6. The van der Waals surface area contributed by atoms with Gasteiger partial charge in [0, 0.05) is 73.0 Å². The Labute approximate surface area is 337 Å². The van der Waals surface area contributed by atoms with Crippen molar-refractivity contribution < 1.29 is 37.9 Å². The predicted molar refractivity (Wildman–Crippen MR) is 216 cm³/mol. The highest BCUT2D eigenvalue weighted by atomic mass is 16.7. The van der Waals surface area contributed by atoms with Gasteiger partial charge in [0.1, 0.15) is 0 Å². The maximum atomic E-state index is 6.57. The average molecular weight is 777 g/mol. The fourth-order valence-electron chi connectivity index (χ4n) is 10.7. The highest BCUT2D eigenvalue weighted by Crippen LogP contribution is 2.60. The van der Waals surface area contributed by atoms with E-state index in [0.29, 0.717) is 0 Å². The summed E-state index contributed by atoms with van der Waals surface area (Å²) in [7, 11) is 0. The minimum Gasteiger partial charge on any atom is -0.349 e. The van der Waals surface area contributed by atoms with E-state index in [9.17, 15) is 0 Å². The monoisotopic (exact) mass is 777 g/mol. The molecule has 4 spiro atoms. The number of hydrogen-bond acceptors (Lipinski definition) is 8. The van der Waals surface area contributed by atoms with Gasteiger partial charge < -0.3 is 37.9 Å². The van der Waals surface area contributed by atoms with E-state index in [-0.39, 0.29) is 21.7 Å². The zero-order chi connectivity index (χ0) is 39.2. The second-order valence-electron chi connectivity index (χ2n) is 22.5. The van der Waals surface area contributed by atoms with Crippen LogP contribution in [0.15, 0.2) is 44.6 Å². The van der Waals surface area contributed by atoms with Gasteiger partial charge in [-0.1, -0.05) is 77.7 Å². The molecule has 4 saturated heterocycles. The van der Waals surface area contributed by atoms with Crippen molar-refractivity contribution in [2.24, 2.45) is 21.7 Å². The van der Waals surface area contributed by atoms with E-state index in [2.05, 4.69) is 55.4 Å². The van der Waals surface area contributed by atoms with Gasteiger partial charge in [-0.3, -0.25) is 0 Å². The lowest BCUT2D eigenvalue weighted by Gasteiger charge is -2.50.